The number of nitro groups is 1. The fourth-order valence-corrected chi connectivity index (χ4v) is 1.97. The second kappa shape index (κ2) is 4.48. The number of urea groups is 1. The molecule has 1 aliphatic rings. The molecule has 0 atom stereocenters. The van der Waals surface area contributed by atoms with Gasteiger partial charge < -0.3 is 11.1 Å². The maximum absolute atomic E-state index is 12.0. The van der Waals surface area contributed by atoms with Crippen LogP contribution in [0.3, 0.4) is 0 Å². The summed E-state index contributed by atoms with van der Waals surface area (Å²) < 4.78 is 0. The molecule has 106 valence electrons. The predicted molar refractivity (Wildman–Crippen MR) is 70.7 cm³/mol. The Balaban J connectivity index is 2.31. The number of carbonyl (C=O) groups excluding carboxylic acids is 2. The number of nitrogens with zero attached hydrogens (tertiary/aromatic N) is 2. The van der Waals surface area contributed by atoms with Crippen LogP contribution in [-0.4, -0.2) is 27.3 Å². The Kier molecular flexibility index (Phi) is 3.09. The van der Waals surface area contributed by atoms with Crippen LogP contribution in [0.4, 0.5) is 16.2 Å². The summed E-state index contributed by atoms with van der Waals surface area (Å²) >= 11 is 0. The first-order valence-corrected chi connectivity index (χ1v) is 5.89. The summed E-state index contributed by atoms with van der Waals surface area (Å²) in [5.74, 6) is -0.395. The molecule has 0 saturated carbocycles. The van der Waals surface area contributed by atoms with Crippen molar-refractivity contribution in [1.29, 1.82) is 0 Å². The van der Waals surface area contributed by atoms with E-state index in [1.807, 2.05) is 0 Å². The first-order chi connectivity index (χ1) is 9.22. The maximum atomic E-state index is 12.0. The molecule has 0 radical (unpaired) electrons. The molecular formula is C12H14N4O4. The van der Waals surface area contributed by atoms with E-state index < -0.39 is 22.4 Å². The standard InChI is InChI=1S/C12H14N4O4/c1-12(2)10(17)15(11(18)14-12)6-7-5-8(16(19)20)3-4-9(7)13/h3-5H,6,13H2,1-2H3,(H,14,18). The summed E-state index contributed by atoms with van der Waals surface area (Å²) in [5.41, 5.74) is 5.27. The molecular weight excluding hydrogens is 264 g/mol. The monoisotopic (exact) mass is 278 g/mol. The second-order valence-corrected chi connectivity index (χ2v) is 5.09. The lowest BCUT2D eigenvalue weighted by Crippen LogP contribution is -2.40. The third kappa shape index (κ3) is 2.27. The fraction of sp³-hybridized carbons (Fsp3) is 0.333. The van der Waals surface area contributed by atoms with Crippen molar-refractivity contribution in [2.75, 3.05) is 5.73 Å². The van der Waals surface area contributed by atoms with Crippen molar-refractivity contribution in [3.63, 3.8) is 0 Å². The van der Waals surface area contributed by atoms with Gasteiger partial charge in [-0.1, -0.05) is 0 Å². The molecule has 1 fully saturated rings. The van der Waals surface area contributed by atoms with Crippen LogP contribution in [-0.2, 0) is 11.3 Å². The first kappa shape index (κ1) is 13.8. The Hall–Kier alpha value is -2.64. The molecule has 0 aromatic heterocycles. The average Bonchev–Trinajstić information content (AvgIpc) is 2.53. The summed E-state index contributed by atoms with van der Waals surface area (Å²) in [6.45, 7) is 3.08. The van der Waals surface area contributed by atoms with Gasteiger partial charge in [-0.3, -0.25) is 19.8 Å². The molecule has 0 aliphatic carbocycles. The van der Waals surface area contributed by atoms with Crippen molar-refractivity contribution in [2.24, 2.45) is 0 Å². The highest BCUT2D eigenvalue weighted by Gasteiger charge is 2.44. The zero-order valence-corrected chi connectivity index (χ0v) is 11.0. The number of nitro benzene ring substituents is 1. The first-order valence-electron chi connectivity index (χ1n) is 5.89. The molecule has 1 aromatic rings. The number of non-ortho nitro benzene ring substituents is 1. The largest absolute Gasteiger partial charge is 0.398 e. The molecule has 1 heterocycles. The zero-order chi connectivity index (χ0) is 15.1. The van der Waals surface area contributed by atoms with E-state index in [9.17, 15) is 19.7 Å². The smallest absolute Gasteiger partial charge is 0.325 e. The average molecular weight is 278 g/mol. The minimum atomic E-state index is -0.980. The van der Waals surface area contributed by atoms with Gasteiger partial charge in [0.25, 0.3) is 11.6 Å². The van der Waals surface area contributed by atoms with E-state index in [-0.39, 0.29) is 12.2 Å². The van der Waals surface area contributed by atoms with Crippen molar-refractivity contribution in [1.82, 2.24) is 10.2 Å². The van der Waals surface area contributed by atoms with Crippen LogP contribution in [0.5, 0.6) is 0 Å². The van der Waals surface area contributed by atoms with Crippen molar-refractivity contribution < 1.29 is 14.5 Å². The Labute approximate surface area is 114 Å². The molecule has 2 rings (SSSR count). The number of nitrogens with two attached hydrogens (primary N) is 1. The van der Waals surface area contributed by atoms with E-state index in [0.717, 1.165) is 4.90 Å². The van der Waals surface area contributed by atoms with Gasteiger partial charge in [0, 0.05) is 23.4 Å². The molecule has 3 amide bonds. The molecule has 8 heteroatoms. The van der Waals surface area contributed by atoms with E-state index in [4.69, 9.17) is 5.73 Å². The molecule has 20 heavy (non-hydrogen) atoms. The van der Waals surface area contributed by atoms with Gasteiger partial charge in [-0.05, 0) is 19.9 Å². The summed E-state index contributed by atoms with van der Waals surface area (Å²) in [5, 5.41) is 13.3. The Bertz CT molecular complexity index is 611. The zero-order valence-electron chi connectivity index (χ0n) is 11.0. The Morgan fingerprint density at radius 3 is 2.55 bits per heavy atom. The quantitative estimate of drug-likeness (QED) is 0.370. The molecule has 8 nitrogen and oxygen atoms in total. The van der Waals surface area contributed by atoms with Gasteiger partial charge in [-0.15, -0.1) is 0 Å². The lowest BCUT2D eigenvalue weighted by atomic mass is 10.1. The van der Waals surface area contributed by atoms with Crippen LogP contribution < -0.4 is 11.1 Å². The Morgan fingerprint density at radius 2 is 2.05 bits per heavy atom. The lowest BCUT2D eigenvalue weighted by molar-refractivity contribution is -0.384. The molecule has 0 unspecified atom stereocenters. The number of imide groups is 1. The van der Waals surface area contributed by atoms with Crippen LogP contribution in [0.15, 0.2) is 18.2 Å². The Morgan fingerprint density at radius 1 is 1.40 bits per heavy atom. The summed E-state index contributed by atoms with van der Waals surface area (Å²) in [6, 6.07) is 3.39. The van der Waals surface area contributed by atoms with E-state index in [1.165, 1.54) is 18.2 Å². The van der Waals surface area contributed by atoms with Gasteiger partial charge in [-0.25, -0.2) is 4.79 Å². The third-order valence-electron chi connectivity index (χ3n) is 3.11. The minimum absolute atomic E-state index is 0.0956. The van der Waals surface area contributed by atoms with E-state index in [0.29, 0.717) is 11.3 Å². The second-order valence-electron chi connectivity index (χ2n) is 5.09. The number of nitrogen functional groups attached to an aromatic ring is 1. The van der Waals surface area contributed by atoms with Crippen molar-refractivity contribution in [3.8, 4) is 0 Å². The molecule has 0 spiro atoms. The molecule has 0 bridgehead atoms. The van der Waals surface area contributed by atoms with E-state index in [1.54, 1.807) is 13.8 Å². The highest BCUT2D eigenvalue weighted by atomic mass is 16.6. The number of nitrogens with one attached hydrogen (secondary N) is 1. The normalized spacial score (nSPS) is 17.2. The van der Waals surface area contributed by atoms with Gasteiger partial charge in [0.15, 0.2) is 0 Å². The molecule has 1 aliphatic heterocycles. The van der Waals surface area contributed by atoms with Crippen molar-refractivity contribution in [2.45, 2.75) is 25.9 Å². The van der Waals surface area contributed by atoms with Gasteiger partial charge in [0.05, 0.1) is 11.5 Å². The maximum Gasteiger partial charge on any atom is 0.325 e. The third-order valence-corrected chi connectivity index (χ3v) is 3.11. The van der Waals surface area contributed by atoms with Gasteiger partial charge >= 0.3 is 6.03 Å². The van der Waals surface area contributed by atoms with E-state index >= 15 is 0 Å². The number of anilines is 1. The highest BCUT2D eigenvalue weighted by Crippen LogP contribution is 2.24. The molecule has 1 saturated heterocycles. The number of rotatable bonds is 3. The van der Waals surface area contributed by atoms with Crippen LogP contribution in [0.2, 0.25) is 0 Å². The summed E-state index contributed by atoms with van der Waals surface area (Å²) in [7, 11) is 0. The van der Waals surface area contributed by atoms with Crippen molar-refractivity contribution in [3.05, 3.63) is 33.9 Å². The number of hydrogen-bond acceptors (Lipinski definition) is 5. The van der Waals surface area contributed by atoms with Crippen LogP contribution in [0, 0.1) is 10.1 Å². The number of amides is 3. The van der Waals surface area contributed by atoms with Crippen LogP contribution in [0.1, 0.15) is 19.4 Å². The summed E-state index contributed by atoms with van der Waals surface area (Å²) in [6.07, 6.45) is 0. The fourth-order valence-electron chi connectivity index (χ4n) is 1.97. The van der Waals surface area contributed by atoms with Gasteiger partial charge in [0.2, 0.25) is 0 Å². The lowest BCUT2D eigenvalue weighted by Gasteiger charge is -2.16. The van der Waals surface area contributed by atoms with Crippen LogP contribution >= 0.6 is 0 Å². The summed E-state index contributed by atoms with van der Waals surface area (Å²) in [4.78, 5) is 35.0. The number of hydrogen-bond donors (Lipinski definition) is 2. The molecule has 3 N–H and O–H groups in total. The number of carbonyl (C=O) groups is 2. The molecule has 1 aromatic carbocycles. The van der Waals surface area contributed by atoms with E-state index in [2.05, 4.69) is 5.32 Å². The van der Waals surface area contributed by atoms with Crippen LogP contribution in [0.25, 0.3) is 0 Å². The highest BCUT2D eigenvalue weighted by molar-refractivity contribution is 6.06. The number of benzene rings is 1. The van der Waals surface area contributed by atoms with Gasteiger partial charge in [0.1, 0.15) is 5.54 Å². The topological polar surface area (TPSA) is 119 Å². The SMILES string of the molecule is CC1(C)NC(=O)N(Cc2cc([N+](=O)[O-])ccc2N)C1=O. The van der Waals surface area contributed by atoms with Gasteiger partial charge in [-0.2, -0.15) is 0 Å². The predicted octanol–water partition coefficient (Wildman–Crippen LogP) is 1.01. The minimum Gasteiger partial charge on any atom is -0.398 e. The van der Waals surface area contributed by atoms with Crippen molar-refractivity contribution >= 4 is 23.3 Å².